The van der Waals surface area contributed by atoms with Crippen molar-refractivity contribution in [3.05, 3.63) is 59.2 Å². The van der Waals surface area contributed by atoms with Crippen LogP contribution in [-0.2, 0) is 4.74 Å². The summed E-state index contributed by atoms with van der Waals surface area (Å²) in [5.74, 6) is 2.31. The van der Waals surface area contributed by atoms with E-state index in [2.05, 4.69) is 19.9 Å². The van der Waals surface area contributed by atoms with Crippen molar-refractivity contribution in [1.82, 2.24) is 0 Å². The van der Waals surface area contributed by atoms with Gasteiger partial charge in [-0.15, -0.1) is 0 Å². The second kappa shape index (κ2) is 11.8. The molecule has 29 heavy (non-hydrogen) atoms. The first-order chi connectivity index (χ1) is 14.2. The topological polar surface area (TPSA) is 51.5 Å². The molecule has 4 nitrogen and oxygen atoms in total. The molecular weight excluding hydrogens is 362 g/mol. The van der Waals surface area contributed by atoms with Crippen LogP contribution in [0.2, 0.25) is 0 Å². The molecule has 1 atom stereocenters. The lowest BCUT2D eigenvalue weighted by Gasteiger charge is -2.20. The molecule has 0 saturated heterocycles. The van der Waals surface area contributed by atoms with Gasteiger partial charge in [-0.1, -0.05) is 63.4 Å². The van der Waals surface area contributed by atoms with Gasteiger partial charge in [0.2, 0.25) is 0 Å². The number of hydrogen-bond acceptors (Lipinski definition) is 4. The van der Waals surface area contributed by atoms with Crippen molar-refractivity contribution in [1.29, 1.82) is 5.26 Å². The molecule has 2 aromatic carbocycles. The maximum Gasteiger partial charge on any atom is 0.137 e. The molecule has 0 aliphatic carbocycles. The van der Waals surface area contributed by atoms with Gasteiger partial charge in [-0.2, -0.15) is 5.26 Å². The number of ether oxygens (including phenoxy) is 3. The van der Waals surface area contributed by atoms with Crippen LogP contribution in [0.4, 0.5) is 0 Å². The summed E-state index contributed by atoms with van der Waals surface area (Å²) in [7, 11) is 3.16. The first-order valence-electron chi connectivity index (χ1n) is 10.2. The van der Waals surface area contributed by atoms with Crippen molar-refractivity contribution in [2.24, 2.45) is 5.92 Å². The Hall–Kier alpha value is -2.93. The first kappa shape index (κ1) is 22.4. The van der Waals surface area contributed by atoms with Crippen molar-refractivity contribution >= 4 is 11.8 Å². The number of rotatable bonds is 11. The van der Waals surface area contributed by atoms with Crippen LogP contribution in [0.5, 0.6) is 11.5 Å². The van der Waals surface area contributed by atoms with E-state index in [9.17, 15) is 5.26 Å². The van der Waals surface area contributed by atoms with Crippen molar-refractivity contribution in [2.45, 2.75) is 39.5 Å². The molecule has 0 saturated carbocycles. The monoisotopic (exact) mass is 393 g/mol. The summed E-state index contributed by atoms with van der Waals surface area (Å²) in [6, 6.07) is 15.7. The van der Waals surface area contributed by atoms with Gasteiger partial charge < -0.3 is 14.2 Å². The Morgan fingerprint density at radius 1 is 1.07 bits per heavy atom. The summed E-state index contributed by atoms with van der Waals surface area (Å²) in [6.07, 6.45) is 6.62. The highest BCUT2D eigenvalue weighted by molar-refractivity contribution is 5.81. The highest BCUT2D eigenvalue weighted by Crippen LogP contribution is 2.35. The molecule has 0 aliphatic rings. The van der Waals surface area contributed by atoms with Gasteiger partial charge in [-0.3, -0.25) is 0 Å². The Morgan fingerprint density at radius 2 is 1.79 bits per heavy atom. The summed E-state index contributed by atoms with van der Waals surface area (Å²) >= 11 is 0. The predicted molar refractivity (Wildman–Crippen MR) is 118 cm³/mol. The zero-order valence-corrected chi connectivity index (χ0v) is 17.9. The molecule has 154 valence electrons. The molecule has 2 rings (SSSR count). The molecule has 0 radical (unpaired) electrons. The zero-order valence-electron chi connectivity index (χ0n) is 17.9. The van der Waals surface area contributed by atoms with Crippen molar-refractivity contribution in [2.75, 3.05) is 20.8 Å². The Morgan fingerprint density at radius 3 is 2.38 bits per heavy atom. The van der Waals surface area contributed by atoms with Crippen LogP contribution >= 0.6 is 0 Å². The molecule has 0 aromatic heterocycles. The van der Waals surface area contributed by atoms with Gasteiger partial charge in [0, 0.05) is 6.07 Å². The van der Waals surface area contributed by atoms with E-state index in [1.165, 1.54) is 12.8 Å². The molecule has 2 aromatic rings. The average molecular weight is 394 g/mol. The van der Waals surface area contributed by atoms with Crippen LogP contribution < -0.4 is 9.47 Å². The van der Waals surface area contributed by atoms with Crippen LogP contribution in [0, 0.1) is 17.2 Å². The summed E-state index contributed by atoms with van der Waals surface area (Å²) in [4.78, 5) is 0. The van der Waals surface area contributed by atoms with E-state index in [1.807, 2.05) is 42.5 Å². The maximum absolute atomic E-state index is 9.39. The predicted octanol–water partition coefficient (Wildman–Crippen LogP) is 6.31. The van der Waals surface area contributed by atoms with Crippen molar-refractivity contribution < 1.29 is 14.2 Å². The molecule has 4 heteroatoms. The summed E-state index contributed by atoms with van der Waals surface area (Å²) in [5, 5.41) is 9.39. The number of methoxy groups -OCH3 is 2. The Balaban J connectivity index is 2.45. The van der Waals surface area contributed by atoms with Gasteiger partial charge in [-0.25, -0.2) is 0 Å². The van der Waals surface area contributed by atoms with Gasteiger partial charge in [0.25, 0.3) is 0 Å². The Labute approximate surface area is 174 Å². The van der Waals surface area contributed by atoms with E-state index in [4.69, 9.17) is 14.2 Å². The van der Waals surface area contributed by atoms with Crippen LogP contribution in [0.1, 0.15) is 56.2 Å². The normalized spacial score (nSPS) is 12.2. The Bertz CT molecular complexity index is 837. The SMILES string of the molecule is CCCCC(CC)COC(=Cc1ccccc1)c1cc(OC)c(C#N)cc1OC. The van der Waals surface area contributed by atoms with Gasteiger partial charge in [0.1, 0.15) is 23.3 Å². The summed E-state index contributed by atoms with van der Waals surface area (Å²) in [5.41, 5.74) is 2.24. The minimum Gasteiger partial charge on any atom is -0.496 e. The van der Waals surface area contributed by atoms with Crippen LogP contribution in [0.3, 0.4) is 0 Å². The quantitative estimate of drug-likeness (QED) is 0.332. The molecular formula is C25H31NO3. The third kappa shape index (κ3) is 6.29. The molecule has 1 unspecified atom stereocenters. The molecule has 0 fully saturated rings. The van der Waals surface area contributed by atoms with E-state index < -0.39 is 0 Å². The van der Waals surface area contributed by atoms with Gasteiger partial charge in [0.15, 0.2) is 0 Å². The average Bonchev–Trinajstić information content (AvgIpc) is 2.78. The Kier molecular flexibility index (Phi) is 9.11. The van der Waals surface area contributed by atoms with Crippen LogP contribution in [0.15, 0.2) is 42.5 Å². The number of nitriles is 1. The van der Waals surface area contributed by atoms with E-state index in [-0.39, 0.29) is 0 Å². The highest BCUT2D eigenvalue weighted by Gasteiger charge is 2.17. The van der Waals surface area contributed by atoms with E-state index >= 15 is 0 Å². The molecule has 0 aliphatic heterocycles. The minimum absolute atomic E-state index is 0.432. The maximum atomic E-state index is 9.39. The van der Waals surface area contributed by atoms with E-state index in [0.29, 0.717) is 35.3 Å². The number of hydrogen-bond donors (Lipinski definition) is 0. The lowest BCUT2D eigenvalue weighted by atomic mass is 10.0. The molecule has 0 heterocycles. The fourth-order valence-corrected chi connectivity index (χ4v) is 3.18. The largest absolute Gasteiger partial charge is 0.496 e. The van der Waals surface area contributed by atoms with E-state index in [0.717, 1.165) is 24.0 Å². The van der Waals surface area contributed by atoms with Gasteiger partial charge in [0.05, 0.1) is 32.0 Å². The van der Waals surface area contributed by atoms with Gasteiger partial charge in [-0.05, 0) is 30.0 Å². The first-order valence-corrected chi connectivity index (χ1v) is 10.2. The zero-order chi connectivity index (χ0) is 21.1. The summed E-state index contributed by atoms with van der Waals surface area (Å²) in [6.45, 7) is 5.05. The summed E-state index contributed by atoms with van der Waals surface area (Å²) < 4.78 is 17.3. The number of benzene rings is 2. The molecule has 0 N–H and O–H groups in total. The smallest absolute Gasteiger partial charge is 0.137 e. The third-order valence-corrected chi connectivity index (χ3v) is 5.02. The molecule has 0 bridgehead atoms. The second-order valence-electron chi connectivity index (χ2n) is 7.01. The van der Waals surface area contributed by atoms with E-state index in [1.54, 1.807) is 20.3 Å². The fraction of sp³-hybridized carbons (Fsp3) is 0.400. The highest BCUT2D eigenvalue weighted by atomic mass is 16.5. The van der Waals surface area contributed by atoms with Crippen LogP contribution in [0.25, 0.3) is 11.8 Å². The number of nitrogens with zero attached hydrogens (tertiary/aromatic N) is 1. The number of unbranched alkanes of at least 4 members (excludes halogenated alkanes) is 1. The second-order valence-corrected chi connectivity index (χ2v) is 7.01. The lowest BCUT2D eigenvalue weighted by molar-refractivity contribution is 0.203. The van der Waals surface area contributed by atoms with Crippen LogP contribution in [-0.4, -0.2) is 20.8 Å². The van der Waals surface area contributed by atoms with Gasteiger partial charge >= 0.3 is 0 Å². The third-order valence-electron chi connectivity index (χ3n) is 5.02. The standard InChI is InChI=1S/C25H31NO3/c1-5-7-11-19(6-2)18-29-25(14-20-12-9-8-10-13-20)22-16-23(27-3)21(17-26)15-24(22)28-4/h8-10,12-16,19H,5-7,11,18H2,1-4H3. The fourth-order valence-electron chi connectivity index (χ4n) is 3.18. The van der Waals surface area contributed by atoms with Crippen molar-refractivity contribution in [3.63, 3.8) is 0 Å². The minimum atomic E-state index is 0.432. The molecule has 0 spiro atoms. The molecule has 0 amide bonds. The lowest BCUT2D eigenvalue weighted by Crippen LogP contribution is -2.09. The van der Waals surface area contributed by atoms with Crippen molar-refractivity contribution in [3.8, 4) is 17.6 Å².